The number of carbonyl (C=O) groups is 3. The van der Waals surface area contributed by atoms with Crippen LogP contribution in [-0.4, -0.2) is 34.2 Å². The summed E-state index contributed by atoms with van der Waals surface area (Å²) < 4.78 is 0.969. The second kappa shape index (κ2) is 6.03. The fraction of sp³-hybridized carbons (Fsp3) is 0.158. The molecule has 2 aromatic carbocycles. The zero-order chi connectivity index (χ0) is 18.4. The summed E-state index contributed by atoms with van der Waals surface area (Å²) in [6.07, 6.45) is 0. The molecule has 0 saturated heterocycles. The van der Waals surface area contributed by atoms with E-state index in [-0.39, 0.29) is 6.54 Å². The molecule has 2 heterocycles. The molecule has 7 heteroatoms. The molecule has 0 aliphatic carbocycles. The molecule has 0 unspecified atom stereocenters. The molecule has 3 aromatic rings. The largest absolute Gasteiger partial charge is 0.300 e. The Morgan fingerprint density at radius 1 is 1.04 bits per heavy atom. The van der Waals surface area contributed by atoms with Crippen LogP contribution in [0.25, 0.3) is 10.2 Å². The minimum Gasteiger partial charge on any atom is -0.300 e. The predicted molar refractivity (Wildman–Crippen MR) is 99.5 cm³/mol. The van der Waals surface area contributed by atoms with Crippen LogP contribution in [0, 0.1) is 13.8 Å². The second-order valence-electron chi connectivity index (χ2n) is 6.28. The minimum absolute atomic E-state index is 0.333. The van der Waals surface area contributed by atoms with Crippen molar-refractivity contribution in [1.29, 1.82) is 0 Å². The van der Waals surface area contributed by atoms with E-state index in [0.29, 0.717) is 16.3 Å². The molecular weight excluding hydrogens is 350 g/mol. The van der Waals surface area contributed by atoms with Crippen LogP contribution in [0.3, 0.4) is 0 Å². The van der Waals surface area contributed by atoms with E-state index in [2.05, 4.69) is 10.3 Å². The van der Waals surface area contributed by atoms with Gasteiger partial charge in [-0.05, 0) is 43.7 Å². The maximum atomic E-state index is 12.4. The molecule has 0 saturated carbocycles. The van der Waals surface area contributed by atoms with Crippen molar-refractivity contribution in [1.82, 2.24) is 9.88 Å². The number of rotatable bonds is 3. The average molecular weight is 365 g/mol. The molecule has 1 N–H and O–H groups in total. The molecule has 1 aliphatic rings. The molecule has 0 spiro atoms. The van der Waals surface area contributed by atoms with Gasteiger partial charge in [0, 0.05) is 0 Å². The molecule has 0 atom stereocenters. The number of benzene rings is 2. The molecule has 0 fully saturated rings. The van der Waals surface area contributed by atoms with Gasteiger partial charge in [0.15, 0.2) is 5.13 Å². The van der Waals surface area contributed by atoms with Gasteiger partial charge in [0.2, 0.25) is 5.91 Å². The van der Waals surface area contributed by atoms with Crippen LogP contribution in [0.2, 0.25) is 0 Å². The third-order valence-corrected chi connectivity index (χ3v) is 5.15. The van der Waals surface area contributed by atoms with Crippen molar-refractivity contribution < 1.29 is 14.4 Å². The van der Waals surface area contributed by atoms with Gasteiger partial charge >= 0.3 is 0 Å². The maximum absolute atomic E-state index is 12.4. The Labute approximate surface area is 153 Å². The Bertz CT molecular complexity index is 1090. The number of nitrogens with one attached hydrogen (secondary N) is 1. The summed E-state index contributed by atoms with van der Waals surface area (Å²) in [5.41, 5.74) is 3.48. The number of hydrogen-bond acceptors (Lipinski definition) is 5. The first-order chi connectivity index (χ1) is 12.4. The van der Waals surface area contributed by atoms with E-state index >= 15 is 0 Å². The van der Waals surface area contributed by atoms with Crippen molar-refractivity contribution in [2.45, 2.75) is 13.8 Å². The highest BCUT2D eigenvalue weighted by Crippen LogP contribution is 2.27. The summed E-state index contributed by atoms with van der Waals surface area (Å²) in [5, 5.41) is 3.13. The lowest BCUT2D eigenvalue weighted by atomic mass is 10.1. The number of nitrogens with zero attached hydrogens (tertiary/aromatic N) is 2. The fourth-order valence-corrected chi connectivity index (χ4v) is 3.92. The number of carbonyl (C=O) groups excluding carboxylic acids is 3. The van der Waals surface area contributed by atoms with Gasteiger partial charge < -0.3 is 5.32 Å². The highest BCUT2D eigenvalue weighted by Gasteiger charge is 2.36. The highest BCUT2D eigenvalue weighted by molar-refractivity contribution is 7.22. The number of aryl methyl sites for hydroxylation is 2. The van der Waals surface area contributed by atoms with Gasteiger partial charge in [0.25, 0.3) is 11.8 Å². The first kappa shape index (κ1) is 16.4. The lowest BCUT2D eigenvalue weighted by Crippen LogP contribution is -2.37. The van der Waals surface area contributed by atoms with Crippen molar-refractivity contribution in [2.24, 2.45) is 0 Å². The average Bonchev–Trinajstić information content (AvgIpc) is 3.08. The summed E-state index contributed by atoms with van der Waals surface area (Å²) in [5.74, 6) is -1.34. The van der Waals surface area contributed by atoms with Gasteiger partial charge in [-0.1, -0.05) is 29.0 Å². The molecule has 1 aromatic heterocycles. The molecule has 4 rings (SSSR count). The summed E-state index contributed by atoms with van der Waals surface area (Å²) in [6, 6.07) is 10.9. The van der Waals surface area contributed by atoms with E-state index in [1.807, 2.05) is 32.0 Å². The van der Waals surface area contributed by atoms with Crippen LogP contribution in [0.1, 0.15) is 31.8 Å². The molecule has 130 valence electrons. The van der Waals surface area contributed by atoms with Crippen LogP contribution in [0.5, 0.6) is 0 Å². The Hall–Kier alpha value is -3.06. The zero-order valence-electron chi connectivity index (χ0n) is 14.2. The van der Waals surface area contributed by atoms with Crippen LogP contribution >= 0.6 is 11.3 Å². The monoisotopic (exact) mass is 365 g/mol. The topological polar surface area (TPSA) is 79.4 Å². The van der Waals surface area contributed by atoms with Gasteiger partial charge in [-0.15, -0.1) is 0 Å². The number of aromatic nitrogens is 1. The van der Waals surface area contributed by atoms with Crippen LogP contribution in [0.15, 0.2) is 36.4 Å². The predicted octanol–water partition coefficient (Wildman–Crippen LogP) is 3.15. The summed E-state index contributed by atoms with van der Waals surface area (Å²) >= 11 is 1.36. The van der Waals surface area contributed by atoms with Crippen molar-refractivity contribution in [3.8, 4) is 0 Å². The van der Waals surface area contributed by atoms with Crippen molar-refractivity contribution in [2.75, 3.05) is 11.9 Å². The quantitative estimate of drug-likeness (QED) is 0.723. The smallest absolute Gasteiger partial charge is 0.262 e. The summed E-state index contributed by atoms with van der Waals surface area (Å²) in [7, 11) is 0. The number of hydrogen-bond donors (Lipinski definition) is 1. The van der Waals surface area contributed by atoms with Gasteiger partial charge in [0.05, 0.1) is 21.3 Å². The number of thiazole rings is 1. The van der Waals surface area contributed by atoms with Gasteiger partial charge in [0.1, 0.15) is 6.54 Å². The van der Waals surface area contributed by atoms with Gasteiger partial charge in [-0.25, -0.2) is 4.98 Å². The zero-order valence-corrected chi connectivity index (χ0v) is 15.0. The number of imide groups is 1. The van der Waals surface area contributed by atoms with Gasteiger partial charge in [-0.3, -0.25) is 19.3 Å². The SMILES string of the molecule is Cc1ccc2c(c1)C(=O)N(CC(=O)Nc1nc3ccc(C)cc3s1)C2=O. The Morgan fingerprint density at radius 3 is 2.54 bits per heavy atom. The van der Waals surface area contributed by atoms with Crippen molar-refractivity contribution >= 4 is 44.4 Å². The highest BCUT2D eigenvalue weighted by atomic mass is 32.1. The third-order valence-electron chi connectivity index (χ3n) is 4.22. The summed E-state index contributed by atoms with van der Waals surface area (Å²) in [6.45, 7) is 3.50. The number of fused-ring (bicyclic) bond motifs is 2. The van der Waals surface area contributed by atoms with Gasteiger partial charge in [-0.2, -0.15) is 0 Å². The second-order valence-corrected chi connectivity index (χ2v) is 7.31. The third kappa shape index (κ3) is 2.76. The molecule has 0 radical (unpaired) electrons. The Kier molecular flexibility index (Phi) is 3.81. The number of anilines is 1. The van der Waals surface area contributed by atoms with E-state index in [1.165, 1.54) is 11.3 Å². The van der Waals surface area contributed by atoms with Crippen LogP contribution in [-0.2, 0) is 4.79 Å². The van der Waals surface area contributed by atoms with E-state index < -0.39 is 17.7 Å². The molecule has 6 nitrogen and oxygen atoms in total. The molecule has 0 bridgehead atoms. The molecule has 3 amide bonds. The lowest BCUT2D eigenvalue weighted by molar-refractivity contribution is -0.116. The van der Waals surface area contributed by atoms with Crippen molar-refractivity contribution in [3.63, 3.8) is 0 Å². The maximum Gasteiger partial charge on any atom is 0.262 e. The Balaban J connectivity index is 1.51. The Morgan fingerprint density at radius 2 is 1.73 bits per heavy atom. The molecule has 26 heavy (non-hydrogen) atoms. The van der Waals surface area contributed by atoms with Crippen LogP contribution < -0.4 is 5.32 Å². The van der Waals surface area contributed by atoms with E-state index in [4.69, 9.17) is 0 Å². The normalized spacial score (nSPS) is 13.4. The first-order valence-electron chi connectivity index (χ1n) is 8.06. The van der Waals surface area contributed by atoms with E-state index in [1.54, 1.807) is 18.2 Å². The number of amides is 3. The minimum atomic E-state index is -0.452. The van der Waals surface area contributed by atoms with Crippen molar-refractivity contribution in [3.05, 3.63) is 58.7 Å². The first-order valence-corrected chi connectivity index (χ1v) is 8.88. The molecule has 1 aliphatic heterocycles. The lowest BCUT2D eigenvalue weighted by Gasteiger charge is -2.12. The van der Waals surface area contributed by atoms with Crippen LogP contribution in [0.4, 0.5) is 5.13 Å². The molecular formula is C19H15N3O3S. The van der Waals surface area contributed by atoms with E-state index in [0.717, 1.165) is 26.2 Å². The standard InChI is InChI=1S/C19H15N3O3S/c1-10-3-5-12-13(7-10)18(25)22(17(12)24)9-16(23)21-19-20-14-6-4-11(2)8-15(14)26-19/h3-8H,9H2,1-2H3,(H,20,21,23). The fourth-order valence-electron chi connectivity index (χ4n) is 2.94. The summed E-state index contributed by atoms with van der Waals surface area (Å²) in [4.78, 5) is 42.5. The van der Waals surface area contributed by atoms with E-state index in [9.17, 15) is 14.4 Å².